The molecule has 1 aliphatic heterocycles. The summed E-state index contributed by atoms with van der Waals surface area (Å²) in [5.41, 5.74) is 0. The molecule has 3 unspecified atom stereocenters. The van der Waals surface area contributed by atoms with Gasteiger partial charge in [-0.2, -0.15) is 0 Å². The number of ether oxygens (including phenoxy) is 1. The molecule has 5 nitrogen and oxygen atoms in total. The van der Waals surface area contributed by atoms with Gasteiger partial charge in [0.25, 0.3) is 0 Å². The molecule has 1 aromatic rings. The first-order chi connectivity index (χ1) is 11.0. The third-order valence-corrected chi connectivity index (χ3v) is 5.33. The topological polar surface area (TPSA) is 66.8 Å². The number of rotatable bonds is 7. The van der Waals surface area contributed by atoms with Crippen molar-refractivity contribution in [1.82, 2.24) is 0 Å². The number of likely N-dealkylation sites (tertiary alicyclic amines) is 1. The van der Waals surface area contributed by atoms with E-state index in [9.17, 15) is 15.0 Å². The molecule has 3 atom stereocenters. The molecule has 0 radical (unpaired) electrons. The predicted molar refractivity (Wildman–Crippen MR) is 91.4 cm³/mol. The van der Waals surface area contributed by atoms with Crippen LogP contribution in [0.2, 0.25) is 0 Å². The van der Waals surface area contributed by atoms with Crippen molar-refractivity contribution in [3.05, 3.63) is 28.7 Å². The van der Waals surface area contributed by atoms with E-state index in [4.69, 9.17) is 4.74 Å². The van der Waals surface area contributed by atoms with Gasteiger partial charge in [-0.1, -0.05) is 12.1 Å². The second-order valence-corrected chi connectivity index (χ2v) is 7.17. The lowest BCUT2D eigenvalue weighted by atomic mass is 9.95. The lowest BCUT2D eigenvalue weighted by Crippen LogP contribution is -2.58. The van der Waals surface area contributed by atoms with E-state index in [-0.39, 0.29) is 12.5 Å². The van der Waals surface area contributed by atoms with Crippen LogP contribution in [0.25, 0.3) is 0 Å². The number of para-hydroxylation sites is 1. The molecule has 128 valence electrons. The van der Waals surface area contributed by atoms with Crippen LogP contribution in [0.15, 0.2) is 28.7 Å². The summed E-state index contributed by atoms with van der Waals surface area (Å²) in [6.45, 7) is 5.15. The average Bonchev–Trinajstić information content (AvgIpc) is 2.54. The maximum Gasteiger partial charge on any atom is 0.312 e. The van der Waals surface area contributed by atoms with E-state index < -0.39 is 12.1 Å². The van der Waals surface area contributed by atoms with Gasteiger partial charge in [-0.05, 0) is 47.8 Å². The van der Waals surface area contributed by atoms with Gasteiger partial charge in [0, 0.05) is 0 Å². The van der Waals surface area contributed by atoms with Gasteiger partial charge in [-0.25, -0.2) is 0 Å². The predicted octanol–water partition coefficient (Wildman–Crippen LogP) is 2.52. The molecule has 1 aromatic carbocycles. The van der Waals surface area contributed by atoms with E-state index in [1.807, 2.05) is 24.3 Å². The van der Waals surface area contributed by atoms with Crippen molar-refractivity contribution in [2.45, 2.75) is 25.9 Å². The molecule has 0 saturated carbocycles. The second-order valence-electron chi connectivity index (χ2n) is 6.32. The summed E-state index contributed by atoms with van der Waals surface area (Å²) in [5.74, 6) is -0.323. The number of benzene rings is 1. The van der Waals surface area contributed by atoms with Crippen LogP contribution in [-0.4, -0.2) is 59.6 Å². The van der Waals surface area contributed by atoms with Crippen LogP contribution in [0.4, 0.5) is 0 Å². The number of hydrogen-bond donors (Lipinski definition) is 2. The zero-order valence-corrected chi connectivity index (χ0v) is 15.0. The zero-order chi connectivity index (χ0) is 16.9. The molecule has 1 heterocycles. The summed E-state index contributed by atoms with van der Waals surface area (Å²) < 4.78 is 7.19. The minimum atomic E-state index is -0.723. The Bertz CT molecular complexity index is 539. The van der Waals surface area contributed by atoms with Crippen molar-refractivity contribution in [3.63, 3.8) is 0 Å². The fourth-order valence-electron chi connectivity index (χ4n) is 3.35. The number of aliphatic hydroxyl groups is 1. The Labute approximate surface area is 145 Å². The van der Waals surface area contributed by atoms with Gasteiger partial charge in [-0.15, -0.1) is 0 Å². The first kappa shape index (κ1) is 18.2. The number of piperidine rings is 1. The molecule has 23 heavy (non-hydrogen) atoms. The Morgan fingerprint density at radius 1 is 1.48 bits per heavy atom. The zero-order valence-electron chi connectivity index (χ0n) is 13.4. The van der Waals surface area contributed by atoms with Crippen molar-refractivity contribution >= 4 is 21.9 Å². The molecule has 0 bridgehead atoms. The number of likely N-dealkylation sites (N-methyl/N-ethyl adjacent to an activating group) is 1. The number of halogens is 1. The first-order valence-corrected chi connectivity index (χ1v) is 8.88. The van der Waals surface area contributed by atoms with Gasteiger partial charge in [0.1, 0.15) is 30.9 Å². The van der Waals surface area contributed by atoms with E-state index in [1.54, 1.807) is 0 Å². The molecule has 2 rings (SSSR count). The molecule has 0 aliphatic carbocycles. The van der Waals surface area contributed by atoms with Crippen molar-refractivity contribution in [1.29, 1.82) is 0 Å². The molecular weight excluding hydrogens is 362 g/mol. The molecule has 0 amide bonds. The Hall–Kier alpha value is -1.11. The Morgan fingerprint density at radius 2 is 2.22 bits per heavy atom. The number of aliphatic carboxylic acids is 1. The number of aliphatic hydroxyl groups excluding tert-OH is 1. The second kappa shape index (κ2) is 8.13. The highest BCUT2D eigenvalue weighted by atomic mass is 79.9. The van der Waals surface area contributed by atoms with Crippen LogP contribution in [0, 0.1) is 5.92 Å². The van der Waals surface area contributed by atoms with Crippen LogP contribution >= 0.6 is 15.9 Å². The normalized spacial score (nSPS) is 25.8. The Morgan fingerprint density at radius 3 is 2.87 bits per heavy atom. The van der Waals surface area contributed by atoms with Crippen LogP contribution in [-0.2, 0) is 4.79 Å². The number of quaternary nitrogens is 1. The van der Waals surface area contributed by atoms with E-state index >= 15 is 0 Å². The van der Waals surface area contributed by atoms with Gasteiger partial charge >= 0.3 is 5.97 Å². The third kappa shape index (κ3) is 4.93. The molecule has 2 N–H and O–H groups in total. The van der Waals surface area contributed by atoms with Gasteiger partial charge < -0.3 is 19.4 Å². The fraction of sp³-hybridized carbons (Fsp3) is 0.588. The van der Waals surface area contributed by atoms with Crippen LogP contribution in [0.3, 0.4) is 0 Å². The number of hydrogen-bond acceptors (Lipinski definition) is 3. The largest absolute Gasteiger partial charge is 0.489 e. The van der Waals surface area contributed by atoms with E-state index in [0.29, 0.717) is 23.3 Å². The standard InChI is InChI=1S/C17H24BrNO4/c1-2-19(9-5-6-13(10-19)17(21)22)11-14(20)12-23-16-8-4-3-7-15(16)18/h3-4,7-8,13-14,20H,2,5-6,9-12H2,1H3/p+1. The Kier molecular flexibility index (Phi) is 6.44. The number of carboxylic acids is 1. The van der Waals surface area contributed by atoms with E-state index in [0.717, 1.165) is 30.4 Å². The van der Waals surface area contributed by atoms with Crippen molar-refractivity contribution in [2.75, 3.05) is 32.8 Å². The summed E-state index contributed by atoms with van der Waals surface area (Å²) in [6, 6.07) is 7.53. The number of carboxylic acid groups (broad SMARTS) is 1. The summed E-state index contributed by atoms with van der Waals surface area (Å²) in [7, 11) is 0. The minimum Gasteiger partial charge on any atom is -0.489 e. The van der Waals surface area contributed by atoms with Gasteiger partial charge in [0.15, 0.2) is 0 Å². The summed E-state index contributed by atoms with van der Waals surface area (Å²) >= 11 is 3.42. The molecule has 1 aliphatic rings. The van der Waals surface area contributed by atoms with Gasteiger partial charge in [0.05, 0.1) is 24.1 Å². The fourth-order valence-corrected chi connectivity index (χ4v) is 3.75. The SMILES string of the molecule is CC[N+]1(CC(O)COc2ccccc2Br)CCCC(C(=O)O)C1. The molecule has 1 saturated heterocycles. The monoisotopic (exact) mass is 386 g/mol. The minimum absolute atomic E-state index is 0.209. The molecule has 0 aromatic heterocycles. The Balaban J connectivity index is 1.93. The molecular formula is C17H25BrNO4+. The third-order valence-electron chi connectivity index (χ3n) is 4.68. The van der Waals surface area contributed by atoms with Crippen LogP contribution in [0.1, 0.15) is 19.8 Å². The van der Waals surface area contributed by atoms with Crippen molar-refractivity contribution in [2.24, 2.45) is 5.92 Å². The van der Waals surface area contributed by atoms with Crippen molar-refractivity contribution in [3.8, 4) is 5.75 Å². The van der Waals surface area contributed by atoms with Gasteiger partial charge in [0.2, 0.25) is 0 Å². The van der Waals surface area contributed by atoms with E-state index in [2.05, 4.69) is 22.9 Å². The highest BCUT2D eigenvalue weighted by Crippen LogP contribution is 2.26. The summed E-state index contributed by atoms with van der Waals surface area (Å²) in [5, 5.41) is 19.7. The summed E-state index contributed by atoms with van der Waals surface area (Å²) in [6.07, 6.45) is 1.01. The lowest BCUT2D eigenvalue weighted by molar-refractivity contribution is -0.935. The maximum atomic E-state index is 11.3. The van der Waals surface area contributed by atoms with Crippen molar-refractivity contribution < 1.29 is 24.2 Å². The summed E-state index contributed by atoms with van der Waals surface area (Å²) in [4.78, 5) is 11.3. The quantitative estimate of drug-likeness (QED) is 0.706. The molecule has 1 fully saturated rings. The molecule has 6 heteroatoms. The number of nitrogens with zero attached hydrogens (tertiary/aromatic N) is 1. The highest BCUT2D eigenvalue weighted by Gasteiger charge is 2.38. The maximum absolute atomic E-state index is 11.3. The van der Waals surface area contributed by atoms with Crippen LogP contribution < -0.4 is 4.74 Å². The smallest absolute Gasteiger partial charge is 0.312 e. The first-order valence-electron chi connectivity index (χ1n) is 8.09. The van der Waals surface area contributed by atoms with Gasteiger partial charge in [-0.3, -0.25) is 4.79 Å². The lowest BCUT2D eigenvalue weighted by Gasteiger charge is -2.43. The average molecular weight is 387 g/mol. The van der Waals surface area contributed by atoms with E-state index in [1.165, 1.54) is 0 Å². The highest BCUT2D eigenvalue weighted by molar-refractivity contribution is 9.10. The number of carbonyl (C=O) groups is 1. The van der Waals surface area contributed by atoms with Crippen LogP contribution in [0.5, 0.6) is 5.75 Å². The molecule has 0 spiro atoms.